The Morgan fingerprint density at radius 1 is 1.12 bits per heavy atom. The first-order valence-electron chi connectivity index (χ1n) is 10.7. The molecule has 0 spiro atoms. The minimum Gasteiger partial charge on any atom is -0.452 e. The van der Waals surface area contributed by atoms with Crippen molar-refractivity contribution in [2.45, 2.75) is 45.6 Å². The number of halogens is 1. The van der Waals surface area contributed by atoms with E-state index in [2.05, 4.69) is 26.2 Å². The molecule has 1 amide bonds. The van der Waals surface area contributed by atoms with E-state index in [-0.39, 0.29) is 11.1 Å². The molecular formula is C24H24BrN3O4. The fraction of sp³-hybridized carbons (Fsp3) is 0.333. The van der Waals surface area contributed by atoms with Gasteiger partial charge in [0.15, 0.2) is 6.61 Å². The van der Waals surface area contributed by atoms with Crippen LogP contribution in [0.25, 0.3) is 10.9 Å². The van der Waals surface area contributed by atoms with Crippen molar-refractivity contribution in [1.82, 2.24) is 9.55 Å². The van der Waals surface area contributed by atoms with Crippen molar-refractivity contribution in [3.8, 4) is 0 Å². The van der Waals surface area contributed by atoms with Crippen molar-refractivity contribution in [2.24, 2.45) is 0 Å². The van der Waals surface area contributed by atoms with Gasteiger partial charge in [-0.3, -0.25) is 14.2 Å². The number of esters is 1. The minimum atomic E-state index is -0.636. The number of amides is 1. The van der Waals surface area contributed by atoms with Crippen LogP contribution in [0.3, 0.4) is 0 Å². The highest BCUT2D eigenvalue weighted by Crippen LogP contribution is 2.20. The average molecular weight is 498 g/mol. The zero-order valence-corrected chi connectivity index (χ0v) is 19.4. The Bertz CT molecular complexity index is 1250. The molecule has 1 aromatic heterocycles. The molecule has 4 rings (SSSR count). The number of carbonyl (C=O) groups is 2. The molecule has 7 nitrogen and oxygen atoms in total. The van der Waals surface area contributed by atoms with Crippen molar-refractivity contribution in [2.75, 3.05) is 11.9 Å². The second-order valence-electron chi connectivity index (χ2n) is 7.97. The van der Waals surface area contributed by atoms with Crippen LogP contribution in [0.15, 0.2) is 45.7 Å². The predicted octanol–water partition coefficient (Wildman–Crippen LogP) is 4.38. The molecule has 1 aliphatic heterocycles. The molecule has 0 bridgehead atoms. The lowest BCUT2D eigenvalue weighted by Gasteiger charge is -2.16. The molecule has 32 heavy (non-hydrogen) atoms. The number of hydrogen-bond donors (Lipinski definition) is 1. The summed E-state index contributed by atoms with van der Waals surface area (Å²) < 4.78 is 7.87. The summed E-state index contributed by atoms with van der Waals surface area (Å²) in [5, 5.41) is 3.19. The molecule has 2 aromatic carbocycles. The van der Waals surface area contributed by atoms with E-state index in [0.29, 0.717) is 23.1 Å². The van der Waals surface area contributed by atoms with Crippen molar-refractivity contribution in [3.05, 3.63) is 68.2 Å². The highest BCUT2D eigenvalue weighted by molar-refractivity contribution is 9.10. The summed E-state index contributed by atoms with van der Waals surface area (Å²) in [6, 6.07) is 10.1. The topological polar surface area (TPSA) is 90.3 Å². The highest BCUT2D eigenvalue weighted by Gasteiger charge is 2.16. The predicted molar refractivity (Wildman–Crippen MR) is 126 cm³/mol. The number of benzene rings is 2. The van der Waals surface area contributed by atoms with Gasteiger partial charge in [-0.2, -0.15) is 0 Å². The molecular weight excluding hydrogens is 474 g/mol. The summed E-state index contributed by atoms with van der Waals surface area (Å²) in [5.74, 6) is -0.307. The zero-order valence-electron chi connectivity index (χ0n) is 17.8. The van der Waals surface area contributed by atoms with E-state index >= 15 is 0 Å². The Labute approximate surface area is 193 Å². The van der Waals surface area contributed by atoms with Crippen LogP contribution in [0.5, 0.6) is 0 Å². The molecule has 0 atom stereocenters. The maximum Gasteiger partial charge on any atom is 0.338 e. The van der Waals surface area contributed by atoms with Gasteiger partial charge in [0, 0.05) is 23.1 Å². The smallest absolute Gasteiger partial charge is 0.338 e. The van der Waals surface area contributed by atoms with E-state index in [1.54, 1.807) is 28.8 Å². The number of aryl methyl sites for hydroxylation is 2. The van der Waals surface area contributed by atoms with E-state index in [0.717, 1.165) is 48.0 Å². The van der Waals surface area contributed by atoms with E-state index in [9.17, 15) is 14.4 Å². The van der Waals surface area contributed by atoms with E-state index in [4.69, 9.17) is 4.74 Å². The van der Waals surface area contributed by atoms with Crippen LogP contribution in [0.1, 0.15) is 47.4 Å². The fourth-order valence-electron chi connectivity index (χ4n) is 3.86. The number of carbonyl (C=O) groups excluding carboxylic acids is 2. The molecule has 0 saturated heterocycles. The van der Waals surface area contributed by atoms with Crippen molar-refractivity contribution < 1.29 is 14.3 Å². The van der Waals surface area contributed by atoms with E-state index < -0.39 is 18.5 Å². The van der Waals surface area contributed by atoms with Crippen LogP contribution in [-0.2, 0) is 22.5 Å². The Balaban J connectivity index is 1.47. The molecule has 3 aromatic rings. The Kier molecular flexibility index (Phi) is 6.69. The molecule has 8 heteroatoms. The first kappa shape index (κ1) is 22.2. The molecule has 0 saturated carbocycles. The van der Waals surface area contributed by atoms with Crippen LogP contribution in [0, 0.1) is 6.92 Å². The number of hydrogen-bond acceptors (Lipinski definition) is 5. The molecule has 0 radical (unpaired) electrons. The van der Waals surface area contributed by atoms with Crippen molar-refractivity contribution >= 4 is 44.4 Å². The summed E-state index contributed by atoms with van der Waals surface area (Å²) >= 11 is 3.41. The molecule has 166 valence electrons. The third kappa shape index (κ3) is 4.91. The monoisotopic (exact) mass is 497 g/mol. The molecule has 0 fully saturated rings. The molecule has 1 aliphatic rings. The lowest BCUT2D eigenvalue weighted by Crippen LogP contribution is -2.26. The first-order chi connectivity index (χ1) is 15.4. The second kappa shape index (κ2) is 9.65. The second-order valence-corrected chi connectivity index (χ2v) is 8.82. The number of ether oxygens (including phenoxy) is 1. The molecule has 0 unspecified atom stereocenters. The molecule has 1 N–H and O–H groups in total. The van der Waals surface area contributed by atoms with E-state index in [1.807, 2.05) is 19.1 Å². The summed E-state index contributed by atoms with van der Waals surface area (Å²) in [5.41, 5.74) is 2.26. The van der Waals surface area contributed by atoms with Gasteiger partial charge >= 0.3 is 5.97 Å². The van der Waals surface area contributed by atoms with Crippen LogP contribution in [0.2, 0.25) is 0 Å². The fourth-order valence-corrected chi connectivity index (χ4v) is 4.10. The SMILES string of the molecule is Cc1cc(NC(=O)COC(=O)c2ccc3c(=O)n4c(nc3c2)CCCCCC4)ccc1Br. The number of nitrogens with zero attached hydrogens (tertiary/aromatic N) is 2. The standard InChI is InChI=1S/C24H24BrN3O4/c1-15-12-17(8-10-19(15)25)26-22(29)14-32-24(31)16-7-9-18-20(13-16)27-21-6-4-2-3-5-11-28(21)23(18)30/h7-10,12-13H,2-6,11,14H2,1H3,(H,26,29). The molecule has 2 heterocycles. The number of fused-ring (bicyclic) bond motifs is 2. The Morgan fingerprint density at radius 3 is 2.75 bits per heavy atom. The van der Waals surface area contributed by atoms with Gasteiger partial charge < -0.3 is 10.1 Å². The average Bonchev–Trinajstić information content (AvgIpc) is 2.75. The van der Waals surface area contributed by atoms with Crippen LogP contribution in [0.4, 0.5) is 5.69 Å². The van der Waals surface area contributed by atoms with Gasteiger partial charge in [0.2, 0.25) is 0 Å². The number of nitrogens with one attached hydrogen (secondary N) is 1. The van der Waals surface area contributed by atoms with Gasteiger partial charge in [0.05, 0.1) is 16.5 Å². The third-order valence-corrected chi connectivity index (χ3v) is 6.47. The Hall–Kier alpha value is -3.00. The first-order valence-corrected chi connectivity index (χ1v) is 11.5. The maximum absolute atomic E-state index is 12.9. The highest BCUT2D eigenvalue weighted by atomic mass is 79.9. The van der Waals surface area contributed by atoms with Crippen LogP contribution in [-0.4, -0.2) is 28.0 Å². The zero-order chi connectivity index (χ0) is 22.7. The third-order valence-electron chi connectivity index (χ3n) is 5.58. The lowest BCUT2D eigenvalue weighted by atomic mass is 10.1. The van der Waals surface area contributed by atoms with Crippen molar-refractivity contribution in [3.63, 3.8) is 0 Å². The largest absolute Gasteiger partial charge is 0.452 e. The van der Waals surface area contributed by atoms with Crippen LogP contribution >= 0.6 is 15.9 Å². The number of rotatable bonds is 4. The minimum absolute atomic E-state index is 0.0732. The Morgan fingerprint density at radius 2 is 1.94 bits per heavy atom. The van der Waals surface area contributed by atoms with Crippen LogP contribution < -0.4 is 10.9 Å². The molecule has 0 aliphatic carbocycles. The maximum atomic E-state index is 12.9. The van der Waals surface area contributed by atoms with Gasteiger partial charge in [0.25, 0.3) is 11.5 Å². The van der Waals surface area contributed by atoms with Gasteiger partial charge in [-0.15, -0.1) is 0 Å². The normalized spacial score (nSPS) is 13.7. The lowest BCUT2D eigenvalue weighted by molar-refractivity contribution is -0.119. The quantitative estimate of drug-likeness (QED) is 0.540. The van der Waals surface area contributed by atoms with E-state index in [1.165, 1.54) is 0 Å². The van der Waals surface area contributed by atoms with Crippen molar-refractivity contribution in [1.29, 1.82) is 0 Å². The van der Waals surface area contributed by atoms with Gasteiger partial charge in [0.1, 0.15) is 5.82 Å². The summed E-state index contributed by atoms with van der Waals surface area (Å²) in [4.78, 5) is 42.2. The van der Waals surface area contributed by atoms with Gasteiger partial charge in [-0.1, -0.05) is 28.8 Å². The summed E-state index contributed by atoms with van der Waals surface area (Å²) in [7, 11) is 0. The number of anilines is 1. The summed E-state index contributed by atoms with van der Waals surface area (Å²) in [6.45, 7) is 2.18. The van der Waals surface area contributed by atoms with Gasteiger partial charge in [-0.05, 0) is 61.7 Å². The van der Waals surface area contributed by atoms with Gasteiger partial charge in [-0.25, -0.2) is 9.78 Å². The summed E-state index contributed by atoms with van der Waals surface area (Å²) in [6.07, 6.45) is 4.94. The number of aromatic nitrogens is 2.